The molecule has 3 N–H and O–H groups in total. The third-order valence-corrected chi connectivity index (χ3v) is 8.12. The zero-order chi connectivity index (χ0) is 33.2. The molecule has 0 aliphatic rings. The van der Waals surface area contributed by atoms with Crippen LogP contribution in [0.5, 0.6) is 17.2 Å². The molecule has 0 saturated heterocycles. The maximum absolute atomic E-state index is 13.6. The number of carbonyl (C=O) groups excluding carboxylic acids is 3. The average Bonchev–Trinajstić information content (AvgIpc) is 3.06. The van der Waals surface area contributed by atoms with E-state index in [1.165, 1.54) is 39.2 Å². The summed E-state index contributed by atoms with van der Waals surface area (Å²) in [5.74, 6) is 0.170. The molecule has 1 unspecified atom stereocenters. The van der Waals surface area contributed by atoms with Crippen molar-refractivity contribution in [3.05, 3.63) is 113 Å². The van der Waals surface area contributed by atoms with Crippen LogP contribution in [0.2, 0.25) is 0 Å². The summed E-state index contributed by atoms with van der Waals surface area (Å²) in [6, 6.07) is 24.9. The average molecular weight is 640 g/mol. The van der Waals surface area contributed by atoms with Gasteiger partial charge in [-0.15, -0.1) is 11.8 Å². The number of hydrogen-bond acceptors (Lipinski definition) is 7. The third kappa shape index (κ3) is 8.70. The summed E-state index contributed by atoms with van der Waals surface area (Å²) >= 11 is 1.40. The molecule has 0 bridgehead atoms. The first kappa shape index (κ1) is 33.7. The molecule has 0 radical (unpaired) electrons. The van der Waals surface area contributed by atoms with Crippen LogP contribution in [0.15, 0.2) is 95.5 Å². The number of rotatable bonds is 12. The van der Waals surface area contributed by atoms with Gasteiger partial charge in [0.25, 0.3) is 11.8 Å². The smallest absolute Gasteiger partial charge is 0.272 e. The van der Waals surface area contributed by atoms with Crippen LogP contribution >= 0.6 is 11.8 Å². The molecule has 4 rings (SSSR count). The highest BCUT2D eigenvalue weighted by molar-refractivity contribution is 8.00. The Hall–Kier alpha value is -5.22. The first-order valence-electron chi connectivity index (χ1n) is 14.5. The summed E-state index contributed by atoms with van der Waals surface area (Å²) in [6.07, 6.45) is 1.51. The molecule has 10 heteroatoms. The van der Waals surface area contributed by atoms with Crippen LogP contribution < -0.4 is 30.2 Å². The van der Waals surface area contributed by atoms with Crippen LogP contribution in [0.1, 0.15) is 34.0 Å². The summed E-state index contributed by atoms with van der Waals surface area (Å²) in [6.45, 7) is 5.78. The normalized spacial score (nSPS) is 11.7. The number of carbonyl (C=O) groups is 3. The number of methoxy groups -OCH3 is 3. The number of thioether (sulfide) groups is 1. The molecular weight excluding hydrogens is 602 g/mol. The predicted molar refractivity (Wildman–Crippen MR) is 183 cm³/mol. The van der Waals surface area contributed by atoms with E-state index in [9.17, 15) is 14.4 Å². The molecule has 0 spiro atoms. The number of nitrogens with one attached hydrogen (secondary N) is 3. The number of aryl methyl sites for hydroxylation is 2. The molecule has 4 aromatic carbocycles. The van der Waals surface area contributed by atoms with E-state index in [-0.39, 0.29) is 16.9 Å². The van der Waals surface area contributed by atoms with Gasteiger partial charge in [-0.1, -0.05) is 30.3 Å². The third-order valence-electron chi connectivity index (χ3n) is 7.01. The Morgan fingerprint density at radius 2 is 1.41 bits per heavy atom. The number of hydrogen-bond donors (Lipinski definition) is 3. The van der Waals surface area contributed by atoms with E-state index < -0.39 is 11.8 Å². The van der Waals surface area contributed by atoms with Gasteiger partial charge in [-0.3, -0.25) is 14.4 Å². The minimum Gasteiger partial charge on any atom is -0.496 e. The Morgan fingerprint density at radius 3 is 2.07 bits per heavy atom. The van der Waals surface area contributed by atoms with Crippen LogP contribution in [0.3, 0.4) is 0 Å². The molecule has 0 heterocycles. The van der Waals surface area contributed by atoms with Crippen LogP contribution in [0.4, 0.5) is 11.4 Å². The van der Waals surface area contributed by atoms with Crippen LogP contribution in [-0.2, 0) is 9.59 Å². The molecule has 4 aromatic rings. The molecule has 9 nitrogen and oxygen atoms in total. The largest absolute Gasteiger partial charge is 0.496 e. The van der Waals surface area contributed by atoms with Gasteiger partial charge in [-0.05, 0) is 86.5 Å². The zero-order valence-corrected chi connectivity index (χ0v) is 27.4. The Labute approximate surface area is 273 Å². The van der Waals surface area contributed by atoms with Crippen molar-refractivity contribution >= 4 is 46.9 Å². The summed E-state index contributed by atoms with van der Waals surface area (Å²) in [7, 11) is 4.51. The van der Waals surface area contributed by atoms with Gasteiger partial charge in [0.15, 0.2) is 11.5 Å². The lowest BCUT2D eigenvalue weighted by molar-refractivity contribution is -0.115. The van der Waals surface area contributed by atoms with E-state index in [2.05, 4.69) is 16.0 Å². The Morgan fingerprint density at radius 1 is 0.761 bits per heavy atom. The van der Waals surface area contributed by atoms with Gasteiger partial charge in [0.2, 0.25) is 5.91 Å². The van der Waals surface area contributed by atoms with Crippen molar-refractivity contribution in [1.29, 1.82) is 0 Å². The molecule has 0 aromatic heterocycles. The second-order valence-electron chi connectivity index (χ2n) is 10.4. The van der Waals surface area contributed by atoms with Crippen LogP contribution in [-0.4, -0.2) is 44.3 Å². The van der Waals surface area contributed by atoms with E-state index in [0.717, 1.165) is 21.7 Å². The molecular formula is C36H37N3O6S. The monoisotopic (exact) mass is 639 g/mol. The van der Waals surface area contributed by atoms with E-state index in [0.29, 0.717) is 34.1 Å². The van der Waals surface area contributed by atoms with Gasteiger partial charge >= 0.3 is 0 Å². The van der Waals surface area contributed by atoms with Crippen molar-refractivity contribution in [2.24, 2.45) is 0 Å². The number of anilines is 2. The fourth-order valence-corrected chi connectivity index (χ4v) is 5.31. The summed E-state index contributed by atoms with van der Waals surface area (Å²) in [5, 5.41) is 8.23. The Kier molecular flexibility index (Phi) is 11.5. The molecule has 1 atom stereocenters. The molecule has 3 amide bonds. The van der Waals surface area contributed by atoms with Gasteiger partial charge in [0.05, 0.1) is 26.6 Å². The highest BCUT2D eigenvalue weighted by Gasteiger charge is 2.19. The predicted octanol–water partition coefficient (Wildman–Crippen LogP) is 6.86. The summed E-state index contributed by atoms with van der Waals surface area (Å²) < 4.78 is 16.3. The van der Waals surface area contributed by atoms with Crippen LogP contribution in [0.25, 0.3) is 6.08 Å². The highest BCUT2D eigenvalue weighted by Crippen LogP contribution is 2.36. The van der Waals surface area contributed by atoms with Gasteiger partial charge in [-0.2, -0.15) is 0 Å². The first-order valence-corrected chi connectivity index (χ1v) is 15.3. The number of ether oxygens (including phenoxy) is 3. The fourth-order valence-electron chi connectivity index (χ4n) is 4.44. The maximum atomic E-state index is 13.6. The van der Waals surface area contributed by atoms with Gasteiger partial charge in [0.1, 0.15) is 11.4 Å². The van der Waals surface area contributed by atoms with Crippen molar-refractivity contribution in [3.63, 3.8) is 0 Å². The highest BCUT2D eigenvalue weighted by atomic mass is 32.2. The van der Waals surface area contributed by atoms with E-state index >= 15 is 0 Å². The molecule has 0 aliphatic heterocycles. The lowest BCUT2D eigenvalue weighted by Gasteiger charge is -2.15. The van der Waals surface area contributed by atoms with E-state index in [1.54, 1.807) is 54.6 Å². The van der Waals surface area contributed by atoms with Crippen molar-refractivity contribution in [3.8, 4) is 17.2 Å². The quantitative estimate of drug-likeness (QED) is 0.115. The van der Waals surface area contributed by atoms with Crippen molar-refractivity contribution in [2.75, 3.05) is 32.0 Å². The van der Waals surface area contributed by atoms with Crippen molar-refractivity contribution < 1.29 is 28.6 Å². The standard InChI is InChI=1S/C36H37N3O6S/c1-22-12-13-23(2)29(18-22)38-34(40)24(3)46-28-16-14-27(15-17-28)37-36(42)30(39-35(41)25-10-8-7-9-11-25)19-26-20-32(44-5)33(45-6)21-31(26)43-4/h7-21,24H,1-6H3,(H,37,42)(H,38,40)(H,39,41)/b30-19-. The van der Waals surface area contributed by atoms with E-state index in [4.69, 9.17) is 14.2 Å². The topological polar surface area (TPSA) is 115 Å². The lowest BCUT2D eigenvalue weighted by Crippen LogP contribution is -2.30. The molecule has 46 heavy (non-hydrogen) atoms. The minimum atomic E-state index is -0.553. The summed E-state index contributed by atoms with van der Waals surface area (Å²) in [5.41, 5.74) is 4.21. The maximum Gasteiger partial charge on any atom is 0.272 e. The fraction of sp³-hybridized carbons (Fsp3) is 0.194. The van der Waals surface area contributed by atoms with Gasteiger partial charge in [0, 0.05) is 33.5 Å². The molecule has 238 valence electrons. The molecule has 0 fully saturated rings. The van der Waals surface area contributed by atoms with Gasteiger partial charge < -0.3 is 30.2 Å². The van der Waals surface area contributed by atoms with Gasteiger partial charge in [-0.25, -0.2) is 0 Å². The lowest BCUT2D eigenvalue weighted by atomic mass is 10.1. The zero-order valence-electron chi connectivity index (χ0n) is 26.6. The number of amides is 3. The van der Waals surface area contributed by atoms with E-state index in [1.807, 2.05) is 51.1 Å². The second kappa shape index (κ2) is 15.7. The van der Waals surface area contributed by atoms with Crippen molar-refractivity contribution in [1.82, 2.24) is 5.32 Å². The summed E-state index contributed by atoms with van der Waals surface area (Å²) in [4.78, 5) is 40.4. The van der Waals surface area contributed by atoms with Crippen LogP contribution in [0, 0.1) is 13.8 Å². The minimum absolute atomic E-state index is 0.0189. The SMILES string of the molecule is COc1cc(OC)c(OC)cc1/C=C(\NC(=O)c1ccccc1)C(=O)Nc1ccc(SC(C)C(=O)Nc2cc(C)ccc2C)cc1. The second-order valence-corrected chi connectivity index (χ2v) is 11.8. The Balaban J connectivity index is 1.53. The molecule has 0 saturated carbocycles. The number of benzene rings is 4. The van der Waals surface area contributed by atoms with Crippen molar-refractivity contribution in [2.45, 2.75) is 30.9 Å². The first-order chi connectivity index (χ1) is 22.1. The molecule has 0 aliphatic carbocycles. The Bertz CT molecular complexity index is 1740.